The molecule has 5 nitrogen and oxygen atoms in total. The predicted octanol–water partition coefficient (Wildman–Crippen LogP) is -0.177. The zero-order valence-corrected chi connectivity index (χ0v) is 8.83. The summed E-state index contributed by atoms with van der Waals surface area (Å²) >= 11 is 4.25. The highest BCUT2D eigenvalue weighted by Gasteiger charge is 2.12. The Labute approximate surface area is 93.2 Å². The van der Waals surface area contributed by atoms with E-state index in [1.165, 1.54) is 0 Å². The van der Waals surface area contributed by atoms with Crippen molar-refractivity contribution < 1.29 is 4.79 Å². The van der Waals surface area contributed by atoms with Crippen LogP contribution in [0.3, 0.4) is 0 Å². The summed E-state index contributed by atoms with van der Waals surface area (Å²) in [6.07, 6.45) is 0.478. The molecule has 0 saturated heterocycles. The van der Waals surface area contributed by atoms with Gasteiger partial charge in [-0.3, -0.25) is 10.2 Å². The van der Waals surface area contributed by atoms with Crippen LogP contribution in [0.5, 0.6) is 0 Å². The highest BCUT2D eigenvalue weighted by Crippen LogP contribution is 2.01. The first-order chi connectivity index (χ1) is 7.24. The Kier molecular flexibility index (Phi) is 4.65. The van der Waals surface area contributed by atoms with Crippen molar-refractivity contribution in [3.63, 3.8) is 0 Å². The largest absolute Gasteiger partial charge is 0.320 e. The number of hydrogen-bond donors (Lipinski definition) is 3. The molecule has 0 fully saturated rings. The van der Waals surface area contributed by atoms with Gasteiger partial charge in [-0.25, -0.2) is 5.53 Å². The summed E-state index contributed by atoms with van der Waals surface area (Å²) in [5.74, 6) is -0.340. The number of hydrazine groups is 1. The fraction of sp³-hybridized carbons (Fsp3) is 0.222. The van der Waals surface area contributed by atoms with E-state index in [-0.39, 0.29) is 5.91 Å². The highest BCUT2D eigenvalue weighted by atomic mass is 32.1. The first-order valence-electron chi connectivity index (χ1n) is 4.40. The lowest BCUT2D eigenvalue weighted by atomic mass is 10.1. The van der Waals surface area contributed by atoms with Gasteiger partial charge in [-0.1, -0.05) is 34.8 Å². The van der Waals surface area contributed by atoms with Crippen molar-refractivity contribution in [2.45, 2.75) is 12.5 Å². The first-order valence-corrected chi connectivity index (χ1v) is 4.77. The van der Waals surface area contributed by atoms with Crippen molar-refractivity contribution in [1.29, 1.82) is 0 Å². The van der Waals surface area contributed by atoms with Crippen LogP contribution in [-0.4, -0.2) is 11.9 Å². The molecule has 1 rings (SSSR count). The van der Waals surface area contributed by atoms with Crippen molar-refractivity contribution in [1.82, 2.24) is 11.0 Å². The van der Waals surface area contributed by atoms with Crippen molar-refractivity contribution in [3.8, 4) is 0 Å². The Morgan fingerprint density at radius 3 is 2.73 bits per heavy atom. The standard InChI is InChI=1S/C9H12N4OS/c10-8(9(14)11-12-13-15)6-7-4-2-1-3-5-7/h1-5,8H,6,10H2,(H,12,15)(H,11,13,14)/t8-/m0/s1. The summed E-state index contributed by atoms with van der Waals surface area (Å²) in [6.45, 7) is 0. The Morgan fingerprint density at radius 1 is 1.47 bits per heavy atom. The second kappa shape index (κ2) is 6.05. The number of carbonyl (C=O) groups is 1. The second-order valence-corrected chi connectivity index (χ2v) is 3.17. The van der Waals surface area contributed by atoms with Gasteiger partial charge < -0.3 is 5.73 Å². The molecule has 1 aromatic rings. The maximum atomic E-state index is 11.3. The molecule has 1 amide bonds. The lowest BCUT2D eigenvalue weighted by Crippen LogP contribution is -2.46. The van der Waals surface area contributed by atoms with Crippen LogP contribution in [0.2, 0.25) is 0 Å². The Balaban J connectivity index is 2.45. The first kappa shape index (κ1) is 11.5. The SMILES string of the molecule is N[C@@H](Cc1ccccc1)C(=O)NNN=S. The molecule has 0 unspecified atom stereocenters. The predicted molar refractivity (Wildman–Crippen MR) is 59.2 cm³/mol. The van der Waals surface area contributed by atoms with Crippen LogP contribution in [0.25, 0.3) is 0 Å². The molecule has 15 heavy (non-hydrogen) atoms. The zero-order chi connectivity index (χ0) is 11.1. The van der Waals surface area contributed by atoms with Gasteiger partial charge in [0.25, 0.3) is 5.91 Å². The van der Waals surface area contributed by atoms with Gasteiger partial charge in [0, 0.05) is 0 Å². The van der Waals surface area contributed by atoms with E-state index in [0.717, 1.165) is 5.56 Å². The molecule has 0 bridgehead atoms. The van der Waals surface area contributed by atoms with Crippen molar-refractivity contribution in [2.24, 2.45) is 10.2 Å². The van der Waals surface area contributed by atoms with Crippen LogP contribution < -0.4 is 16.7 Å². The molecule has 0 aliphatic heterocycles. The van der Waals surface area contributed by atoms with E-state index >= 15 is 0 Å². The molecule has 0 aliphatic carbocycles. The van der Waals surface area contributed by atoms with Crippen LogP contribution >= 0.6 is 0 Å². The quantitative estimate of drug-likeness (QED) is 0.606. The summed E-state index contributed by atoms with van der Waals surface area (Å²) in [5, 5.41) is 0. The minimum absolute atomic E-state index is 0.340. The van der Waals surface area contributed by atoms with E-state index in [1.807, 2.05) is 30.3 Å². The van der Waals surface area contributed by atoms with E-state index in [0.29, 0.717) is 6.42 Å². The molecular weight excluding hydrogens is 212 g/mol. The fourth-order valence-electron chi connectivity index (χ4n) is 1.13. The van der Waals surface area contributed by atoms with E-state index < -0.39 is 6.04 Å². The zero-order valence-electron chi connectivity index (χ0n) is 8.01. The van der Waals surface area contributed by atoms with E-state index in [2.05, 4.69) is 27.9 Å². The number of rotatable bonds is 5. The van der Waals surface area contributed by atoms with Gasteiger partial charge >= 0.3 is 0 Å². The fourth-order valence-corrected chi connectivity index (χ4v) is 1.18. The number of carbonyl (C=O) groups excluding carboxylic acids is 1. The van der Waals surface area contributed by atoms with Crippen LogP contribution in [-0.2, 0) is 23.6 Å². The summed E-state index contributed by atoms with van der Waals surface area (Å²) in [7, 11) is 0. The van der Waals surface area contributed by atoms with Crippen LogP contribution in [0, 0.1) is 0 Å². The molecule has 1 atom stereocenters. The smallest absolute Gasteiger partial charge is 0.256 e. The maximum Gasteiger partial charge on any atom is 0.256 e. The summed E-state index contributed by atoms with van der Waals surface area (Å²) in [6, 6.07) is 8.92. The third kappa shape index (κ3) is 4.01. The van der Waals surface area contributed by atoms with Crippen LogP contribution in [0.4, 0.5) is 0 Å². The molecule has 1 aromatic carbocycles. The monoisotopic (exact) mass is 224 g/mol. The third-order valence-corrected chi connectivity index (χ3v) is 1.95. The van der Waals surface area contributed by atoms with Gasteiger partial charge in [-0.15, -0.1) is 0 Å². The molecule has 0 spiro atoms. The normalized spacial score (nSPS) is 11.5. The lowest BCUT2D eigenvalue weighted by Gasteiger charge is -2.10. The molecule has 80 valence electrons. The van der Waals surface area contributed by atoms with Crippen LogP contribution in [0.15, 0.2) is 34.8 Å². The highest BCUT2D eigenvalue weighted by molar-refractivity contribution is 7.47. The lowest BCUT2D eigenvalue weighted by molar-refractivity contribution is -0.123. The number of amides is 1. The van der Waals surface area contributed by atoms with Crippen molar-refractivity contribution >= 4 is 18.3 Å². The molecule has 4 N–H and O–H groups in total. The number of nitrogens with one attached hydrogen (secondary N) is 2. The second-order valence-electron chi connectivity index (χ2n) is 2.99. The summed E-state index contributed by atoms with van der Waals surface area (Å²) in [5.41, 5.74) is 11.1. The molecule has 0 radical (unpaired) electrons. The Morgan fingerprint density at radius 2 is 2.13 bits per heavy atom. The summed E-state index contributed by atoms with van der Waals surface area (Å²) in [4.78, 5) is 11.3. The Hall–Kier alpha value is -1.53. The minimum Gasteiger partial charge on any atom is -0.320 e. The van der Waals surface area contributed by atoms with Gasteiger partial charge in [-0.05, 0) is 12.0 Å². The molecule has 0 saturated carbocycles. The number of benzene rings is 1. The van der Waals surface area contributed by atoms with Gasteiger partial charge in [0.2, 0.25) is 0 Å². The molecular formula is C9H12N4OS. The van der Waals surface area contributed by atoms with Crippen molar-refractivity contribution in [2.75, 3.05) is 0 Å². The molecule has 0 aliphatic rings. The molecule has 0 heterocycles. The van der Waals surface area contributed by atoms with Gasteiger partial charge in [-0.2, -0.15) is 0 Å². The summed E-state index contributed by atoms with van der Waals surface area (Å²) < 4.78 is 3.11. The third-order valence-electron chi connectivity index (χ3n) is 1.86. The average Bonchev–Trinajstić information content (AvgIpc) is 2.27. The van der Waals surface area contributed by atoms with E-state index in [1.54, 1.807) is 0 Å². The number of nitrogens with two attached hydrogens (primary N) is 1. The van der Waals surface area contributed by atoms with Gasteiger partial charge in [0.1, 0.15) is 0 Å². The van der Waals surface area contributed by atoms with Gasteiger partial charge in [0.15, 0.2) is 0 Å². The minimum atomic E-state index is -0.614. The van der Waals surface area contributed by atoms with Gasteiger partial charge in [0.05, 0.1) is 18.5 Å². The Bertz CT molecular complexity index is 330. The van der Waals surface area contributed by atoms with E-state index in [9.17, 15) is 4.79 Å². The molecule has 6 heteroatoms. The number of nitrogens with zero attached hydrogens (tertiary/aromatic N) is 1. The van der Waals surface area contributed by atoms with Crippen LogP contribution in [0.1, 0.15) is 5.56 Å². The molecule has 0 aromatic heterocycles. The number of hydrogen-bond acceptors (Lipinski definition) is 4. The van der Waals surface area contributed by atoms with E-state index in [4.69, 9.17) is 5.73 Å². The average molecular weight is 224 g/mol. The topological polar surface area (TPSA) is 79.5 Å². The van der Waals surface area contributed by atoms with Crippen molar-refractivity contribution in [3.05, 3.63) is 35.9 Å². The maximum absolute atomic E-state index is 11.3.